The van der Waals surface area contributed by atoms with Crippen molar-refractivity contribution in [2.75, 3.05) is 6.54 Å². The van der Waals surface area contributed by atoms with Gasteiger partial charge in [0.2, 0.25) is 10.0 Å². The first-order chi connectivity index (χ1) is 10.4. The lowest BCUT2D eigenvalue weighted by Gasteiger charge is -2.06. The number of rotatable bonds is 5. The van der Waals surface area contributed by atoms with Crippen LogP contribution in [0.15, 0.2) is 53.4 Å². The van der Waals surface area contributed by atoms with Crippen LogP contribution in [-0.4, -0.2) is 20.9 Å². The van der Waals surface area contributed by atoms with Crippen LogP contribution in [0.3, 0.4) is 0 Å². The predicted molar refractivity (Wildman–Crippen MR) is 80.3 cm³/mol. The summed E-state index contributed by atoms with van der Waals surface area (Å²) in [6.45, 7) is 0.351. The summed E-state index contributed by atoms with van der Waals surface area (Å²) in [5, 5.41) is 7.68. The normalized spacial score (nSPS) is 11.2. The number of carbonyl (C=O) groups excluding carboxylic acids is 1. The van der Waals surface area contributed by atoms with E-state index in [-0.39, 0.29) is 16.4 Å². The number of hydrogen-bond acceptors (Lipinski definition) is 3. The maximum Gasteiger partial charge on any atom is 0.251 e. The zero-order valence-corrected chi connectivity index (χ0v) is 12.4. The zero-order chi connectivity index (χ0) is 16.2. The molecule has 7 heteroatoms. The fourth-order valence-electron chi connectivity index (χ4n) is 1.90. The number of benzene rings is 2. The van der Waals surface area contributed by atoms with E-state index in [0.717, 1.165) is 11.6 Å². The molecule has 0 bridgehead atoms. The second-order valence-electron chi connectivity index (χ2n) is 4.71. The highest BCUT2D eigenvalue weighted by atomic mass is 32.2. The molecule has 0 unspecified atom stereocenters. The van der Waals surface area contributed by atoms with Gasteiger partial charge in [-0.3, -0.25) is 4.79 Å². The lowest BCUT2D eigenvalue weighted by atomic mass is 10.1. The minimum Gasteiger partial charge on any atom is -0.352 e. The number of carbonyl (C=O) groups is 1. The molecule has 0 aliphatic carbocycles. The highest BCUT2D eigenvalue weighted by Crippen LogP contribution is 2.09. The Morgan fingerprint density at radius 1 is 1.14 bits per heavy atom. The zero-order valence-electron chi connectivity index (χ0n) is 11.6. The first kappa shape index (κ1) is 16.1. The number of primary sulfonamides is 1. The molecule has 0 aliphatic heterocycles. The Bertz CT molecular complexity index is 774. The van der Waals surface area contributed by atoms with Crippen LogP contribution in [0.5, 0.6) is 0 Å². The van der Waals surface area contributed by atoms with Gasteiger partial charge in [-0.15, -0.1) is 0 Å². The number of sulfonamides is 1. The van der Waals surface area contributed by atoms with Crippen molar-refractivity contribution >= 4 is 15.9 Å². The Hall–Kier alpha value is -2.25. The van der Waals surface area contributed by atoms with Crippen molar-refractivity contribution in [3.63, 3.8) is 0 Å². The molecule has 22 heavy (non-hydrogen) atoms. The summed E-state index contributed by atoms with van der Waals surface area (Å²) < 4.78 is 35.3. The fourth-order valence-corrected chi connectivity index (χ4v) is 2.41. The minimum atomic E-state index is -3.70. The van der Waals surface area contributed by atoms with Gasteiger partial charge in [-0.1, -0.05) is 18.2 Å². The van der Waals surface area contributed by atoms with Gasteiger partial charge < -0.3 is 5.32 Å². The summed E-state index contributed by atoms with van der Waals surface area (Å²) in [5.74, 6) is -0.827. The van der Waals surface area contributed by atoms with Crippen LogP contribution in [0, 0.1) is 5.82 Å². The second-order valence-corrected chi connectivity index (χ2v) is 6.27. The number of amides is 1. The monoisotopic (exact) mass is 322 g/mol. The van der Waals surface area contributed by atoms with Crippen molar-refractivity contribution < 1.29 is 17.6 Å². The maximum atomic E-state index is 13.0. The van der Waals surface area contributed by atoms with E-state index >= 15 is 0 Å². The van der Waals surface area contributed by atoms with E-state index in [1.165, 1.54) is 30.3 Å². The van der Waals surface area contributed by atoms with Crippen molar-refractivity contribution in [3.8, 4) is 0 Å². The van der Waals surface area contributed by atoms with Crippen molar-refractivity contribution in [1.82, 2.24) is 5.32 Å². The third-order valence-corrected chi connectivity index (χ3v) is 3.97. The van der Waals surface area contributed by atoms with Gasteiger partial charge in [0.25, 0.3) is 5.91 Å². The molecule has 0 fully saturated rings. The first-order valence-electron chi connectivity index (χ1n) is 6.52. The van der Waals surface area contributed by atoms with Crippen LogP contribution in [0.1, 0.15) is 15.9 Å². The smallest absolute Gasteiger partial charge is 0.251 e. The molecule has 0 radical (unpaired) electrons. The molecule has 1 amide bonds. The highest BCUT2D eigenvalue weighted by Gasteiger charge is 2.08. The molecule has 0 spiro atoms. The topological polar surface area (TPSA) is 89.3 Å². The molecule has 0 saturated carbocycles. The predicted octanol–water partition coefficient (Wildman–Crippen LogP) is 1.45. The first-order valence-corrected chi connectivity index (χ1v) is 8.06. The van der Waals surface area contributed by atoms with Gasteiger partial charge in [0.1, 0.15) is 5.82 Å². The van der Waals surface area contributed by atoms with Crippen molar-refractivity contribution in [2.45, 2.75) is 11.3 Å². The van der Waals surface area contributed by atoms with Gasteiger partial charge in [-0.05, 0) is 42.3 Å². The average Bonchev–Trinajstić information content (AvgIpc) is 2.47. The number of halogens is 1. The van der Waals surface area contributed by atoms with E-state index in [4.69, 9.17) is 5.14 Å². The third-order valence-electron chi connectivity index (χ3n) is 3.04. The maximum absolute atomic E-state index is 13.0. The molecule has 0 atom stereocenters. The van der Waals surface area contributed by atoms with E-state index < -0.39 is 15.8 Å². The van der Waals surface area contributed by atoms with Crippen LogP contribution in [0.4, 0.5) is 4.39 Å². The third kappa shape index (κ3) is 4.37. The van der Waals surface area contributed by atoms with E-state index in [0.29, 0.717) is 13.0 Å². The number of nitrogens with two attached hydrogens (primary N) is 1. The summed E-state index contributed by atoms with van der Waals surface area (Å²) in [6, 6.07) is 11.5. The summed E-state index contributed by atoms with van der Waals surface area (Å²) in [7, 11) is -3.70. The molecule has 0 saturated heterocycles. The van der Waals surface area contributed by atoms with Crippen molar-refractivity contribution in [2.24, 2.45) is 5.14 Å². The molecule has 2 aromatic rings. The summed E-state index contributed by atoms with van der Waals surface area (Å²) in [5.41, 5.74) is 1.11. The summed E-state index contributed by atoms with van der Waals surface area (Å²) >= 11 is 0. The van der Waals surface area contributed by atoms with Crippen LogP contribution >= 0.6 is 0 Å². The molecule has 0 aromatic heterocycles. The highest BCUT2D eigenvalue weighted by molar-refractivity contribution is 7.89. The average molecular weight is 322 g/mol. The van der Waals surface area contributed by atoms with Crippen LogP contribution in [0.2, 0.25) is 0 Å². The van der Waals surface area contributed by atoms with Gasteiger partial charge in [0.15, 0.2) is 0 Å². The van der Waals surface area contributed by atoms with Gasteiger partial charge in [0, 0.05) is 12.1 Å². The molecule has 116 valence electrons. The molecule has 0 heterocycles. The van der Waals surface area contributed by atoms with E-state index in [2.05, 4.69) is 5.32 Å². The fraction of sp³-hybridized carbons (Fsp3) is 0.133. The lowest BCUT2D eigenvalue weighted by molar-refractivity contribution is 0.0953. The van der Waals surface area contributed by atoms with Gasteiger partial charge in [-0.2, -0.15) is 0 Å². The Morgan fingerprint density at radius 2 is 1.82 bits per heavy atom. The van der Waals surface area contributed by atoms with E-state index in [1.807, 2.05) is 0 Å². The minimum absolute atomic E-state index is 0.0417. The lowest BCUT2D eigenvalue weighted by Crippen LogP contribution is -2.25. The second kappa shape index (κ2) is 6.67. The van der Waals surface area contributed by atoms with Crippen LogP contribution < -0.4 is 10.5 Å². The standard InChI is InChI=1S/C15H15FN2O3S/c16-13-3-1-2-12(10-13)15(19)18-9-8-11-4-6-14(7-5-11)22(17,20)21/h1-7,10H,8-9H2,(H,18,19)(H2,17,20,21). The summed E-state index contributed by atoms with van der Waals surface area (Å²) in [6.07, 6.45) is 0.520. The van der Waals surface area contributed by atoms with Gasteiger partial charge in [0.05, 0.1) is 4.90 Å². The number of hydrogen-bond donors (Lipinski definition) is 2. The molecule has 2 aromatic carbocycles. The van der Waals surface area contributed by atoms with E-state index in [9.17, 15) is 17.6 Å². The molecule has 5 nitrogen and oxygen atoms in total. The molecule has 0 aliphatic rings. The van der Waals surface area contributed by atoms with Crippen molar-refractivity contribution in [1.29, 1.82) is 0 Å². The molecule has 2 rings (SSSR count). The Labute approximate surface area is 128 Å². The van der Waals surface area contributed by atoms with Crippen molar-refractivity contribution in [3.05, 3.63) is 65.5 Å². The quantitative estimate of drug-likeness (QED) is 0.873. The summed E-state index contributed by atoms with van der Waals surface area (Å²) in [4.78, 5) is 11.8. The van der Waals surface area contributed by atoms with Gasteiger partial charge >= 0.3 is 0 Å². The molecular weight excluding hydrogens is 307 g/mol. The van der Waals surface area contributed by atoms with Crippen LogP contribution in [0.25, 0.3) is 0 Å². The molecule has 3 N–H and O–H groups in total. The Kier molecular flexibility index (Phi) is 4.89. The SMILES string of the molecule is NS(=O)(=O)c1ccc(CCNC(=O)c2cccc(F)c2)cc1. The Morgan fingerprint density at radius 3 is 2.41 bits per heavy atom. The van der Waals surface area contributed by atoms with Crippen LogP contribution in [-0.2, 0) is 16.4 Å². The largest absolute Gasteiger partial charge is 0.352 e. The Balaban J connectivity index is 1.90. The molecular formula is C15H15FN2O3S. The van der Waals surface area contributed by atoms with E-state index in [1.54, 1.807) is 12.1 Å². The number of nitrogens with one attached hydrogen (secondary N) is 1. The van der Waals surface area contributed by atoms with Gasteiger partial charge in [-0.25, -0.2) is 17.9 Å².